The van der Waals surface area contributed by atoms with Crippen molar-refractivity contribution in [3.05, 3.63) is 29.3 Å². The highest BCUT2D eigenvalue weighted by atomic mass is 16.3. The zero-order valence-electron chi connectivity index (χ0n) is 8.03. The number of nitrogens with two attached hydrogens (primary N) is 1. The lowest BCUT2D eigenvalue weighted by molar-refractivity contribution is 0.240. The van der Waals surface area contributed by atoms with Crippen LogP contribution in [0.2, 0.25) is 0 Å². The van der Waals surface area contributed by atoms with Gasteiger partial charge in [-0.1, -0.05) is 18.2 Å². The largest absolute Gasteiger partial charge is 0.507 e. The molecule has 1 fully saturated rings. The third-order valence-corrected chi connectivity index (χ3v) is 3.07. The zero-order chi connectivity index (χ0) is 10.2. The van der Waals surface area contributed by atoms with Crippen molar-refractivity contribution < 1.29 is 10.2 Å². The molecule has 0 saturated heterocycles. The zero-order valence-corrected chi connectivity index (χ0v) is 8.03. The van der Waals surface area contributed by atoms with Crippen molar-refractivity contribution in [3.63, 3.8) is 0 Å². The molecule has 3 heteroatoms. The Hall–Kier alpha value is -1.06. The molecule has 1 aromatic rings. The Morgan fingerprint density at radius 3 is 2.57 bits per heavy atom. The fourth-order valence-electron chi connectivity index (χ4n) is 1.95. The SMILES string of the molecule is NC1(c2cccc(CO)c2O)CCC1. The van der Waals surface area contributed by atoms with Crippen LogP contribution in [0.1, 0.15) is 30.4 Å². The Balaban J connectivity index is 2.43. The molecule has 1 aliphatic carbocycles. The van der Waals surface area contributed by atoms with Gasteiger partial charge in [0.1, 0.15) is 5.75 Å². The normalized spacial score (nSPS) is 19.0. The summed E-state index contributed by atoms with van der Waals surface area (Å²) in [5.74, 6) is 0.164. The van der Waals surface area contributed by atoms with Crippen LogP contribution in [0.5, 0.6) is 5.75 Å². The van der Waals surface area contributed by atoms with E-state index in [1.165, 1.54) is 0 Å². The molecule has 4 N–H and O–H groups in total. The number of hydrogen-bond acceptors (Lipinski definition) is 3. The molecule has 0 spiro atoms. The lowest BCUT2D eigenvalue weighted by atomic mass is 9.72. The first-order valence-electron chi connectivity index (χ1n) is 4.88. The van der Waals surface area contributed by atoms with E-state index >= 15 is 0 Å². The number of phenols is 1. The van der Waals surface area contributed by atoms with Crippen LogP contribution in [0.4, 0.5) is 0 Å². The highest BCUT2D eigenvalue weighted by Crippen LogP contribution is 2.43. The van der Waals surface area contributed by atoms with Gasteiger partial charge in [0.2, 0.25) is 0 Å². The number of aromatic hydroxyl groups is 1. The maximum absolute atomic E-state index is 9.85. The van der Waals surface area contributed by atoms with Crippen molar-refractivity contribution in [1.29, 1.82) is 0 Å². The molecule has 1 aromatic carbocycles. The molecule has 2 rings (SSSR count). The van der Waals surface area contributed by atoms with Gasteiger partial charge < -0.3 is 15.9 Å². The first-order valence-corrected chi connectivity index (χ1v) is 4.88. The van der Waals surface area contributed by atoms with Gasteiger partial charge in [-0.05, 0) is 19.3 Å². The fraction of sp³-hybridized carbons (Fsp3) is 0.455. The van der Waals surface area contributed by atoms with E-state index in [-0.39, 0.29) is 17.9 Å². The Labute approximate surface area is 83.2 Å². The highest BCUT2D eigenvalue weighted by Gasteiger charge is 2.36. The first-order chi connectivity index (χ1) is 6.67. The summed E-state index contributed by atoms with van der Waals surface area (Å²) in [5, 5.41) is 18.8. The van der Waals surface area contributed by atoms with Crippen LogP contribution in [-0.2, 0) is 12.1 Å². The van der Waals surface area contributed by atoms with Crippen LogP contribution in [0.3, 0.4) is 0 Å². The second-order valence-electron chi connectivity index (χ2n) is 3.98. The fourth-order valence-corrected chi connectivity index (χ4v) is 1.95. The molecule has 0 atom stereocenters. The summed E-state index contributed by atoms with van der Waals surface area (Å²) < 4.78 is 0. The minimum Gasteiger partial charge on any atom is -0.507 e. The van der Waals surface area contributed by atoms with Gasteiger partial charge in [0.15, 0.2) is 0 Å². The maximum Gasteiger partial charge on any atom is 0.126 e. The van der Waals surface area contributed by atoms with E-state index in [4.69, 9.17) is 10.8 Å². The van der Waals surface area contributed by atoms with Crippen LogP contribution in [-0.4, -0.2) is 10.2 Å². The molecular weight excluding hydrogens is 178 g/mol. The quantitative estimate of drug-likeness (QED) is 0.661. The molecule has 0 aromatic heterocycles. The Morgan fingerprint density at radius 1 is 1.36 bits per heavy atom. The van der Waals surface area contributed by atoms with E-state index in [2.05, 4.69) is 0 Å². The van der Waals surface area contributed by atoms with Gasteiger partial charge in [0.25, 0.3) is 0 Å². The Morgan fingerprint density at radius 2 is 2.07 bits per heavy atom. The molecule has 76 valence electrons. The van der Waals surface area contributed by atoms with E-state index in [1.54, 1.807) is 6.07 Å². The van der Waals surface area contributed by atoms with Crippen molar-refractivity contribution in [2.24, 2.45) is 5.73 Å². The number of rotatable bonds is 2. The van der Waals surface area contributed by atoms with Gasteiger partial charge >= 0.3 is 0 Å². The molecule has 0 unspecified atom stereocenters. The summed E-state index contributed by atoms with van der Waals surface area (Å²) in [7, 11) is 0. The van der Waals surface area contributed by atoms with Gasteiger partial charge in [-0.15, -0.1) is 0 Å². The minimum atomic E-state index is -0.366. The van der Waals surface area contributed by atoms with Crippen LogP contribution in [0.25, 0.3) is 0 Å². The molecule has 1 aliphatic rings. The van der Waals surface area contributed by atoms with Crippen molar-refractivity contribution in [2.45, 2.75) is 31.4 Å². The molecule has 0 radical (unpaired) electrons. The molecule has 0 heterocycles. The topological polar surface area (TPSA) is 66.5 Å². The summed E-state index contributed by atoms with van der Waals surface area (Å²) in [6.07, 6.45) is 2.93. The van der Waals surface area contributed by atoms with Gasteiger partial charge in [-0.25, -0.2) is 0 Å². The average Bonchev–Trinajstić information content (AvgIpc) is 2.15. The highest BCUT2D eigenvalue weighted by molar-refractivity contribution is 5.45. The monoisotopic (exact) mass is 193 g/mol. The lowest BCUT2D eigenvalue weighted by Crippen LogP contribution is -2.43. The van der Waals surface area contributed by atoms with Gasteiger partial charge in [0, 0.05) is 16.7 Å². The van der Waals surface area contributed by atoms with Crippen molar-refractivity contribution >= 4 is 0 Å². The predicted octanol–water partition coefficient (Wildman–Crippen LogP) is 1.22. The molecular formula is C11H15NO2. The molecule has 1 saturated carbocycles. The summed E-state index contributed by atoms with van der Waals surface area (Å²) >= 11 is 0. The summed E-state index contributed by atoms with van der Waals surface area (Å²) in [5.41, 5.74) is 7.07. The van der Waals surface area contributed by atoms with E-state index in [0.717, 1.165) is 24.8 Å². The summed E-state index contributed by atoms with van der Waals surface area (Å²) in [4.78, 5) is 0. The number of benzene rings is 1. The second kappa shape index (κ2) is 3.26. The van der Waals surface area contributed by atoms with Crippen molar-refractivity contribution in [3.8, 4) is 5.75 Å². The van der Waals surface area contributed by atoms with Gasteiger partial charge in [-0.3, -0.25) is 0 Å². The number of aliphatic hydroxyl groups excluding tert-OH is 1. The molecule has 14 heavy (non-hydrogen) atoms. The van der Waals surface area contributed by atoms with E-state index < -0.39 is 0 Å². The Bertz CT molecular complexity index is 345. The minimum absolute atomic E-state index is 0.143. The smallest absolute Gasteiger partial charge is 0.126 e. The third kappa shape index (κ3) is 1.29. The van der Waals surface area contributed by atoms with Crippen LogP contribution in [0, 0.1) is 0 Å². The average molecular weight is 193 g/mol. The maximum atomic E-state index is 9.85. The third-order valence-electron chi connectivity index (χ3n) is 3.07. The standard InChI is InChI=1S/C11H15NO2/c12-11(5-2-6-11)9-4-1-3-8(7-13)10(9)14/h1,3-4,13-14H,2,5-7,12H2. The lowest BCUT2D eigenvalue weighted by Gasteiger charge is -2.39. The summed E-state index contributed by atoms with van der Waals surface area (Å²) in [6, 6.07) is 5.38. The number of aliphatic hydroxyl groups is 1. The van der Waals surface area contributed by atoms with Crippen LogP contribution < -0.4 is 5.73 Å². The molecule has 0 aliphatic heterocycles. The molecule has 3 nitrogen and oxygen atoms in total. The van der Waals surface area contributed by atoms with Gasteiger partial charge in [0.05, 0.1) is 6.61 Å². The van der Waals surface area contributed by atoms with E-state index in [9.17, 15) is 5.11 Å². The van der Waals surface area contributed by atoms with Crippen molar-refractivity contribution in [2.75, 3.05) is 0 Å². The molecule has 0 bridgehead atoms. The predicted molar refractivity (Wildman–Crippen MR) is 53.7 cm³/mol. The summed E-state index contributed by atoms with van der Waals surface area (Å²) in [6.45, 7) is -0.143. The van der Waals surface area contributed by atoms with Crippen LogP contribution in [0.15, 0.2) is 18.2 Å². The number of para-hydroxylation sites is 1. The molecule has 0 amide bonds. The van der Waals surface area contributed by atoms with Crippen LogP contribution >= 0.6 is 0 Å². The first kappa shape index (κ1) is 9.49. The number of hydrogen-bond donors (Lipinski definition) is 3. The van der Waals surface area contributed by atoms with Crippen molar-refractivity contribution in [1.82, 2.24) is 0 Å². The van der Waals surface area contributed by atoms with E-state index in [0.29, 0.717) is 5.56 Å². The Kier molecular flexibility index (Phi) is 2.21. The second-order valence-corrected chi connectivity index (χ2v) is 3.98. The van der Waals surface area contributed by atoms with Gasteiger partial charge in [-0.2, -0.15) is 0 Å². The van der Waals surface area contributed by atoms with E-state index in [1.807, 2.05) is 12.1 Å².